The molecule has 3 aromatic carbocycles. The zero-order chi connectivity index (χ0) is 18.5. The second kappa shape index (κ2) is 8.62. The molecule has 3 rings (SSSR count). The minimum Gasteiger partial charge on any atom is -0.322 e. The van der Waals surface area contributed by atoms with Crippen molar-refractivity contribution < 1.29 is 9.00 Å². The number of benzene rings is 3. The Morgan fingerprint density at radius 1 is 0.808 bits per heavy atom. The zero-order valence-corrected chi connectivity index (χ0v) is 17.4. The van der Waals surface area contributed by atoms with E-state index in [1.165, 1.54) is 0 Å². The Morgan fingerprint density at radius 2 is 1.38 bits per heavy atom. The van der Waals surface area contributed by atoms with E-state index in [-0.39, 0.29) is 5.91 Å². The van der Waals surface area contributed by atoms with Gasteiger partial charge in [0.25, 0.3) is 5.91 Å². The molecule has 0 fully saturated rings. The normalized spacial score (nSPS) is 11.6. The Hall–Kier alpha value is -1.96. The first-order chi connectivity index (χ1) is 12.5. The molecule has 0 aliphatic rings. The second-order valence-corrected chi connectivity index (χ2v) is 8.41. The molecule has 0 bridgehead atoms. The van der Waals surface area contributed by atoms with Gasteiger partial charge in [-0.1, -0.05) is 37.9 Å². The molecule has 4 nitrogen and oxygen atoms in total. The molecule has 0 aromatic heterocycles. The standard InChI is InChI=1S/C19H14Br2N2O2S/c20-14-4-8-16(9-5-14)22-19(24)13-2-1-3-18(12-13)26(25)23-17-10-6-15(21)7-11-17/h1-12,23H,(H,22,24). The number of halogens is 2. The topological polar surface area (TPSA) is 58.2 Å². The van der Waals surface area contributed by atoms with Crippen LogP contribution in [0.3, 0.4) is 0 Å². The van der Waals surface area contributed by atoms with Crippen LogP contribution < -0.4 is 10.0 Å². The van der Waals surface area contributed by atoms with Gasteiger partial charge in [0.2, 0.25) is 0 Å². The molecule has 0 saturated carbocycles. The van der Waals surface area contributed by atoms with Crippen LogP contribution in [0.1, 0.15) is 10.4 Å². The van der Waals surface area contributed by atoms with Crippen LogP contribution in [-0.4, -0.2) is 10.1 Å². The summed E-state index contributed by atoms with van der Waals surface area (Å²) in [6.45, 7) is 0. The van der Waals surface area contributed by atoms with Gasteiger partial charge in [-0.3, -0.25) is 4.79 Å². The van der Waals surface area contributed by atoms with Gasteiger partial charge < -0.3 is 10.0 Å². The average Bonchev–Trinajstić information content (AvgIpc) is 2.65. The molecular weight excluding hydrogens is 480 g/mol. The molecule has 0 aliphatic heterocycles. The van der Waals surface area contributed by atoms with Gasteiger partial charge in [0, 0.05) is 25.9 Å². The molecule has 2 N–H and O–H groups in total. The fourth-order valence-electron chi connectivity index (χ4n) is 2.17. The van der Waals surface area contributed by atoms with E-state index in [9.17, 15) is 9.00 Å². The predicted molar refractivity (Wildman–Crippen MR) is 113 cm³/mol. The molecular formula is C19H14Br2N2O2S. The third-order valence-corrected chi connectivity index (χ3v) is 5.63. The Kier molecular flexibility index (Phi) is 6.24. The van der Waals surface area contributed by atoms with Crippen molar-refractivity contribution in [3.8, 4) is 0 Å². The number of anilines is 2. The van der Waals surface area contributed by atoms with Crippen molar-refractivity contribution >= 4 is 60.1 Å². The molecule has 0 saturated heterocycles. The van der Waals surface area contributed by atoms with Gasteiger partial charge in [-0.15, -0.1) is 0 Å². The van der Waals surface area contributed by atoms with E-state index in [2.05, 4.69) is 41.9 Å². The van der Waals surface area contributed by atoms with Crippen molar-refractivity contribution in [1.29, 1.82) is 0 Å². The summed E-state index contributed by atoms with van der Waals surface area (Å²) in [5, 5.41) is 2.82. The van der Waals surface area contributed by atoms with Crippen LogP contribution in [0, 0.1) is 0 Å². The van der Waals surface area contributed by atoms with Crippen molar-refractivity contribution in [3.05, 3.63) is 87.3 Å². The van der Waals surface area contributed by atoms with E-state index in [0.717, 1.165) is 14.6 Å². The lowest BCUT2D eigenvalue weighted by atomic mass is 10.2. The molecule has 0 spiro atoms. The number of nitrogens with one attached hydrogen (secondary N) is 2. The molecule has 1 unspecified atom stereocenters. The van der Waals surface area contributed by atoms with Crippen LogP contribution >= 0.6 is 31.9 Å². The lowest BCUT2D eigenvalue weighted by molar-refractivity contribution is 0.102. The van der Waals surface area contributed by atoms with E-state index in [1.807, 2.05) is 36.4 Å². The summed E-state index contributed by atoms with van der Waals surface area (Å²) in [5.74, 6) is -0.255. The highest BCUT2D eigenvalue weighted by molar-refractivity contribution is 9.10. The molecule has 0 radical (unpaired) electrons. The summed E-state index contributed by atoms with van der Waals surface area (Å²) in [6.07, 6.45) is 0. The number of carbonyl (C=O) groups excluding carboxylic acids is 1. The largest absolute Gasteiger partial charge is 0.322 e. The van der Waals surface area contributed by atoms with Gasteiger partial charge in [0.1, 0.15) is 11.0 Å². The highest BCUT2D eigenvalue weighted by Gasteiger charge is 2.10. The first kappa shape index (κ1) is 18.8. The maximum atomic E-state index is 12.5. The van der Waals surface area contributed by atoms with Crippen molar-refractivity contribution in [2.24, 2.45) is 0 Å². The van der Waals surface area contributed by atoms with E-state index in [1.54, 1.807) is 36.4 Å². The summed E-state index contributed by atoms with van der Waals surface area (Å²) >= 11 is 6.72. The lowest BCUT2D eigenvalue weighted by Gasteiger charge is -2.09. The van der Waals surface area contributed by atoms with Crippen molar-refractivity contribution in [1.82, 2.24) is 0 Å². The number of amides is 1. The molecule has 0 heterocycles. The quantitative estimate of drug-likeness (QED) is 0.486. The van der Waals surface area contributed by atoms with Crippen molar-refractivity contribution in [2.75, 3.05) is 10.0 Å². The van der Waals surface area contributed by atoms with Crippen LogP contribution in [0.25, 0.3) is 0 Å². The summed E-state index contributed by atoms with van der Waals surface area (Å²) in [6, 6.07) is 21.4. The summed E-state index contributed by atoms with van der Waals surface area (Å²) in [7, 11) is -1.47. The van der Waals surface area contributed by atoms with Gasteiger partial charge in [0.05, 0.1) is 4.90 Å². The third-order valence-electron chi connectivity index (χ3n) is 3.47. The fourth-order valence-corrected chi connectivity index (χ4v) is 3.61. The van der Waals surface area contributed by atoms with Crippen LogP contribution in [-0.2, 0) is 11.0 Å². The maximum Gasteiger partial charge on any atom is 0.255 e. The molecule has 3 aromatic rings. The molecule has 7 heteroatoms. The maximum absolute atomic E-state index is 12.5. The minimum absolute atomic E-state index is 0.255. The number of hydrogen-bond donors (Lipinski definition) is 2. The summed E-state index contributed by atoms with van der Waals surface area (Å²) in [4.78, 5) is 12.9. The highest BCUT2D eigenvalue weighted by Crippen LogP contribution is 2.19. The van der Waals surface area contributed by atoms with Crippen LogP contribution in [0.5, 0.6) is 0 Å². The van der Waals surface area contributed by atoms with Crippen molar-refractivity contribution in [2.45, 2.75) is 4.90 Å². The average molecular weight is 494 g/mol. The van der Waals surface area contributed by atoms with E-state index in [0.29, 0.717) is 16.1 Å². The van der Waals surface area contributed by atoms with Crippen molar-refractivity contribution in [3.63, 3.8) is 0 Å². The second-order valence-electron chi connectivity index (χ2n) is 5.37. The Morgan fingerprint density at radius 3 is 2.00 bits per heavy atom. The van der Waals surface area contributed by atoms with E-state index < -0.39 is 11.0 Å². The van der Waals surface area contributed by atoms with E-state index in [4.69, 9.17) is 0 Å². The Labute approximate surface area is 170 Å². The van der Waals surface area contributed by atoms with Crippen LogP contribution in [0.15, 0.2) is 86.6 Å². The number of carbonyl (C=O) groups is 1. The molecule has 132 valence electrons. The van der Waals surface area contributed by atoms with Gasteiger partial charge in [0.15, 0.2) is 0 Å². The highest BCUT2D eigenvalue weighted by atomic mass is 79.9. The first-order valence-corrected chi connectivity index (χ1v) is 10.4. The van der Waals surface area contributed by atoms with Crippen LogP contribution in [0.2, 0.25) is 0 Å². The lowest BCUT2D eigenvalue weighted by Crippen LogP contribution is -2.13. The number of hydrogen-bond acceptors (Lipinski definition) is 2. The van der Waals surface area contributed by atoms with Gasteiger partial charge in [-0.2, -0.15) is 0 Å². The third kappa shape index (κ3) is 5.03. The number of rotatable bonds is 5. The van der Waals surface area contributed by atoms with Gasteiger partial charge >= 0.3 is 0 Å². The smallest absolute Gasteiger partial charge is 0.255 e. The van der Waals surface area contributed by atoms with Crippen LogP contribution in [0.4, 0.5) is 11.4 Å². The summed E-state index contributed by atoms with van der Waals surface area (Å²) < 4.78 is 17.3. The molecule has 26 heavy (non-hydrogen) atoms. The monoisotopic (exact) mass is 492 g/mol. The first-order valence-electron chi connectivity index (χ1n) is 7.62. The molecule has 0 aliphatic carbocycles. The zero-order valence-electron chi connectivity index (χ0n) is 13.4. The van der Waals surface area contributed by atoms with Gasteiger partial charge in [-0.05, 0) is 66.7 Å². The predicted octanol–water partition coefficient (Wildman–Crippen LogP) is 5.60. The fraction of sp³-hybridized carbons (Fsp3) is 0. The molecule has 1 amide bonds. The summed E-state index contributed by atoms with van der Waals surface area (Å²) in [5.41, 5.74) is 1.87. The van der Waals surface area contributed by atoms with Gasteiger partial charge in [-0.25, -0.2) is 4.21 Å². The molecule has 1 atom stereocenters. The van der Waals surface area contributed by atoms with E-state index >= 15 is 0 Å². The Bertz CT molecular complexity index is 870. The Balaban J connectivity index is 1.72. The minimum atomic E-state index is -1.47. The SMILES string of the molecule is O=C(Nc1ccc(Br)cc1)c1cccc(S(=O)Nc2ccc(Br)cc2)c1.